The number of phosphoric acid groups is 1. The fraction of sp³-hybridized carbons (Fsp3) is 0.952. The van der Waals surface area contributed by atoms with Gasteiger partial charge in [0.2, 0.25) is 5.91 Å². The second kappa shape index (κ2) is 51.2. The number of allylic oxidation sites excluding steroid dienone is 1. The average molecular weight is 1090 g/mol. The van der Waals surface area contributed by atoms with E-state index in [9.17, 15) is 44.9 Å². The van der Waals surface area contributed by atoms with E-state index < -0.39 is 63.2 Å². The molecule has 0 radical (unpaired) electrons. The molecule has 0 aromatic rings. The van der Waals surface area contributed by atoms with Gasteiger partial charge in [-0.2, -0.15) is 0 Å². The van der Waals surface area contributed by atoms with Crippen LogP contribution in [0.5, 0.6) is 0 Å². The van der Waals surface area contributed by atoms with E-state index in [0.29, 0.717) is 6.42 Å². The number of hydrogen-bond acceptors (Lipinski definition) is 10. The first-order valence-corrected chi connectivity index (χ1v) is 33.6. The third-order valence-corrected chi connectivity index (χ3v) is 16.8. The third-order valence-electron chi connectivity index (χ3n) is 15.8. The molecule has 1 rings (SSSR count). The number of carbonyl (C=O) groups is 1. The number of unbranched alkanes of at least 4 members (excludes halogenated alkanes) is 45. The summed E-state index contributed by atoms with van der Waals surface area (Å²) in [6.45, 7) is 3.88. The van der Waals surface area contributed by atoms with Crippen molar-refractivity contribution < 1.29 is 53.9 Å². The summed E-state index contributed by atoms with van der Waals surface area (Å²) in [5.74, 6) is -0.334. The molecule has 1 aliphatic rings. The van der Waals surface area contributed by atoms with Crippen molar-refractivity contribution in [1.29, 1.82) is 0 Å². The standard InChI is InChI=1S/C62H122NO11P/c1-3-5-7-9-11-13-15-17-18-19-20-21-22-23-24-25-26-27-28-29-30-31-32-33-34-35-36-37-38-40-42-44-46-48-50-52-56(65)63-54(55(64)51-49-47-45-43-41-39-16-14-12-10-8-6-4-2)53-73-75(71,72)74-62-60(69)58(67)57(66)59(68)61(62)70/h49,51,54-55,57-62,64,66-70H,3-48,50,52-53H2,1-2H3,(H,63,65)(H,71,72)/b51-49+/t54-,55+,57?,58+,59?,60?,61?,62?/m0/s1. The first kappa shape index (κ1) is 72.1. The molecule has 12 nitrogen and oxygen atoms in total. The fourth-order valence-corrected chi connectivity index (χ4v) is 11.6. The Morgan fingerprint density at radius 1 is 0.440 bits per heavy atom. The van der Waals surface area contributed by atoms with Crippen molar-refractivity contribution in [2.75, 3.05) is 6.61 Å². The van der Waals surface area contributed by atoms with E-state index in [1.807, 2.05) is 6.08 Å². The van der Waals surface area contributed by atoms with Crippen molar-refractivity contribution in [1.82, 2.24) is 5.32 Å². The maximum atomic E-state index is 13.0. The number of carbonyl (C=O) groups excluding carboxylic acids is 1. The van der Waals surface area contributed by atoms with Gasteiger partial charge in [-0.1, -0.05) is 309 Å². The molecule has 8 N–H and O–H groups in total. The van der Waals surface area contributed by atoms with Gasteiger partial charge < -0.3 is 40.8 Å². The van der Waals surface area contributed by atoms with Crippen LogP contribution in [0.25, 0.3) is 0 Å². The maximum absolute atomic E-state index is 13.0. The second-order valence-corrected chi connectivity index (χ2v) is 24.4. The molecule has 75 heavy (non-hydrogen) atoms. The van der Waals surface area contributed by atoms with Crippen molar-refractivity contribution in [3.8, 4) is 0 Å². The second-order valence-electron chi connectivity index (χ2n) is 23.0. The highest BCUT2D eigenvalue weighted by Crippen LogP contribution is 2.47. The molecule has 0 heterocycles. The van der Waals surface area contributed by atoms with Gasteiger partial charge in [0.1, 0.15) is 36.6 Å². The lowest BCUT2D eigenvalue weighted by molar-refractivity contribution is -0.220. The van der Waals surface area contributed by atoms with Crippen LogP contribution in [-0.2, 0) is 18.4 Å². The predicted octanol–water partition coefficient (Wildman–Crippen LogP) is 15.5. The Morgan fingerprint density at radius 2 is 0.707 bits per heavy atom. The highest BCUT2D eigenvalue weighted by Gasteiger charge is 2.51. The first-order chi connectivity index (χ1) is 36.4. The number of rotatable bonds is 56. The Morgan fingerprint density at radius 3 is 1.01 bits per heavy atom. The Kier molecular flexibility index (Phi) is 49.3. The van der Waals surface area contributed by atoms with Crippen molar-refractivity contribution in [3.05, 3.63) is 12.2 Å². The van der Waals surface area contributed by atoms with Crippen LogP contribution >= 0.6 is 7.82 Å². The van der Waals surface area contributed by atoms with Gasteiger partial charge in [0, 0.05) is 6.42 Å². The lowest BCUT2D eigenvalue weighted by Crippen LogP contribution is -2.64. The van der Waals surface area contributed by atoms with E-state index in [-0.39, 0.29) is 12.3 Å². The molecule has 1 aliphatic carbocycles. The smallest absolute Gasteiger partial charge is 0.387 e. The molecule has 1 amide bonds. The molecule has 0 aliphatic heterocycles. The van der Waals surface area contributed by atoms with Crippen LogP contribution in [0.2, 0.25) is 0 Å². The number of hydrogen-bond donors (Lipinski definition) is 8. The van der Waals surface area contributed by atoms with Gasteiger partial charge >= 0.3 is 7.82 Å². The van der Waals surface area contributed by atoms with Gasteiger partial charge in [0.05, 0.1) is 18.8 Å². The van der Waals surface area contributed by atoms with Gasteiger partial charge in [-0.25, -0.2) is 4.57 Å². The normalized spacial score (nSPS) is 20.7. The number of amides is 1. The first-order valence-electron chi connectivity index (χ1n) is 32.1. The van der Waals surface area contributed by atoms with Crippen LogP contribution in [0.3, 0.4) is 0 Å². The van der Waals surface area contributed by atoms with Crippen molar-refractivity contribution in [3.63, 3.8) is 0 Å². The monoisotopic (exact) mass is 1090 g/mol. The minimum absolute atomic E-state index is 0.219. The van der Waals surface area contributed by atoms with Crippen LogP contribution in [0.1, 0.15) is 322 Å². The zero-order valence-electron chi connectivity index (χ0n) is 48.6. The van der Waals surface area contributed by atoms with Gasteiger partial charge in [-0.3, -0.25) is 13.8 Å². The molecular weight excluding hydrogens is 966 g/mol. The van der Waals surface area contributed by atoms with Crippen molar-refractivity contribution in [2.24, 2.45) is 0 Å². The fourth-order valence-electron chi connectivity index (χ4n) is 10.7. The van der Waals surface area contributed by atoms with Crippen molar-refractivity contribution >= 4 is 13.7 Å². The summed E-state index contributed by atoms with van der Waals surface area (Å²) in [4.78, 5) is 23.5. The molecule has 0 aromatic heterocycles. The topological polar surface area (TPSA) is 206 Å². The largest absolute Gasteiger partial charge is 0.472 e. The van der Waals surface area contributed by atoms with Gasteiger partial charge in [-0.15, -0.1) is 0 Å². The lowest BCUT2D eigenvalue weighted by Gasteiger charge is -2.41. The van der Waals surface area contributed by atoms with Crippen LogP contribution in [0.15, 0.2) is 12.2 Å². The molecule has 0 aromatic carbocycles. The number of nitrogens with one attached hydrogen (secondary N) is 1. The molecule has 0 spiro atoms. The van der Waals surface area contributed by atoms with Crippen LogP contribution in [-0.4, -0.2) is 96.8 Å². The lowest BCUT2D eigenvalue weighted by atomic mass is 9.85. The molecule has 0 bridgehead atoms. The van der Waals surface area contributed by atoms with Crippen molar-refractivity contribution in [2.45, 2.75) is 371 Å². The molecule has 1 fully saturated rings. The van der Waals surface area contributed by atoms with E-state index in [2.05, 4.69) is 19.2 Å². The molecule has 13 heteroatoms. The summed E-state index contributed by atoms with van der Waals surface area (Å²) in [5, 5.41) is 64.3. The number of aliphatic hydroxyl groups excluding tert-OH is 6. The number of aliphatic hydroxyl groups is 6. The Labute approximate surface area is 460 Å². The maximum Gasteiger partial charge on any atom is 0.472 e. The summed E-state index contributed by atoms with van der Waals surface area (Å²) in [5.41, 5.74) is 0. The van der Waals surface area contributed by atoms with Crippen LogP contribution in [0.4, 0.5) is 0 Å². The predicted molar refractivity (Wildman–Crippen MR) is 311 cm³/mol. The van der Waals surface area contributed by atoms with E-state index in [1.54, 1.807) is 6.08 Å². The average Bonchev–Trinajstić information content (AvgIpc) is 3.40. The van der Waals surface area contributed by atoms with E-state index in [1.165, 1.54) is 250 Å². The summed E-state index contributed by atoms with van der Waals surface area (Å²) in [6.07, 6.45) is 51.9. The Bertz CT molecular complexity index is 1310. The third kappa shape index (κ3) is 41.7. The van der Waals surface area contributed by atoms with Crippen LogP contribution in [0, 0.1) is 0 Å². The highest BCUT2D eigenvalue weighted by atomic mass is 31.2. The molecule has 0 saturated heterocycles. The molecular formula is C62H122NO11P. The van der Waals surface area contributed by atoms with E-state index in [0.717, 1.165) is 44.9 Å². The highest BCUT2D eigenvalue weighted by molar-refractivity contribution is 7.47. The van der Waals surface area contributed by atoms with Gasteiger partial charge in [0.25, 0.3) is 0 Å². The molecule has 6 unspecified atom stereocenters. The minimum Gasteiger partial charge on any atom is -0.387 e. The zero-order chi connectivity index (χ0) is 54.9. The summed E-state index contributed by atoms with van der Waals surface area (Å²) >= 11 is 0. The summed E-state index contributed by atoms with van der Waals surface area (Å²) in [7, 11) is -5.08. The summed E-state index contributed by atoms with van der Waals surface area (Å²) < 4.78 is 23.0. The Balaban J connectivity index is 2.15. The minimum atomic E-state index is -5.08. The summed E-state index contributed by atoms with van der Waals surface area (Å²) in [6, 6.07) is -1.11. The number of phosphoric ester groups is 1. The quantitative estimate of drug-likeness (QED) is 0.0163. The Hall–Kier alpha value is -0.920. The van der Waals surface area contributed by atoms with E-state index in [4.69, 9.17) is 9.05 Å². The van der Waals surface area contributed by atoms with E-state index >= 15 is 0 Å². The molecule has 1 saturated carbocycles. The van der Waals surface area contributed by atoms with Gasteiger partial charge in [0.15, 0.2) is 0 Å². The SMILES string of the molecule is CCCCCCCCCCCCC/C=C/[C@@H](O)[C@H](COP(=O)(O)OC1C(O)C(O)C(O)[C@@H](O)C1O)NC(=O)CCCCCCCCCCCCCCCCCCCCCCCCCCCCCCCCCCCCC. The molecule has 446 valence electrons. The zero-order valence-corrected chi connectivity index (χ0v) is 49.5. The molecule has 9 atom stereocenters. The van der Waals surface area contributed by atoms with Gasteiger partial charge in [-0.05, 0) is 19.3 Å². The van der Waals surface area contributed by atoms with Crippen LogP contribution < -0.4 is 5.32 Å².